The van der Waals surface area contributed by atoms with Crippen LogP contribution in [0.3, 0.4) is 0 Å². The van der Waals surface area contributed by atoms with Crippen molar-refractivity contribution in [1.29, 1.82) is 0 Å². The lowest BCUT2D eigenvalue weighted by molar-refractivity contribution is 0.325. The van der Waals surface area contributed by atoms with Crippen molar-refractivity contribution < 1.29 is 17.6 Å². The number of ether oxygens (including phenoxy) is 1. The van der Waals surface area contributed by atoms with E-state index in [4.69, 9.17) is 14.1 Å². The topological polar surface area (TPSA) is 133 Å². The molecule has 1 atom stereocenters. The largest absolute Gasteiger partial charge is 0.490 e. The summed E-state index contributed by atoms with van der Waals surface area (Å²) >= 11 is 0. The van der Waals surface area contributed by atoms with Crippen LogP contribution in [0.15, 0.2) is 70.7 Å². The molecule has 1 N–H and O–H groups in total. The van der Waals surface area contributed by atoms with E-state index in [1.807, 2.05) is 28.7 Å². The maximum atomic E-state index is 13.1. The molecule has 13 heteroatoms. The second-order valence-corrected chi connectivity index (χ2v) is 10.9. The fourth-order valence-electron chi connectivity index (χ4n) is 4.65. The van der Waals surface area contributed by atoms with Crippen LogP contribution in [0.25, 0.3) is 28.5 Å². The molecule has 5 aromatic rings. The summed E-state index contributed by atoms with van der Waals surface area (Å²) < 4.78 is 41.6. The van der Waals surface area contributed by atoms with Crippen molar-refractivity contribution >= 4 is 21.8 Å². The molecule has 0 unspecified atom stereocenters. The third-order valence-corrected chi connectivity index (χ3v) is 8.20. The summed E-state index contributed by atoms with van der Waals surface area (Å²) in [5.74, 6) is 1.42. The Bertz CT molecular complexity index is 1710. The van der Waals surface area contributed by atoms with E-state index in [1.165, 1.54) is 15.1 Å². The summed E-state index contributed by atoms with van der Waals surface area (Å²) in [6.45, 7) is 0.722. The number of nitrogens with zero attached hydrogens (tertiary/aromatic N) is 7. The van der Waals surface area contributed by atoms with E-state index in [9.17, 15) is 8.42 Å². The molecule has 5 heterocycles. The van der Waals surface area contributed by atoms with Crippen molar-refractivity contribution in [3.63, 3.8) is 0 Å². The van der Waals surface area contributed by atoms with E-state index in [2.05, 4.69) is 27.5 Å². The predicted molar refractivity (Wildman–Crippen MR) is 139 cm³/mol. The number of piperidine rings is 1. The summed E-state index contributed by atoms with van der Waals surface area (Å²) in [5, 5.41) is 7.46. The molecule has 1 aromatic carbocycles. The van der Waals surface area contributed by atoms with E-state index in [0.717, 1.165) is 17.7 Å². The fourth-order valence-corrected chi connectivity index (χ4v) is 6.12. The van der Waals surface area contributed by atoms with Crippen LogP contribution in [0.5, 0.6) is 5.75 Å². The van der Waals surface area contributed by atoms with Crippen LogP contribution in [-0.4, -0.2) is 61.0 Å². The molecule has 195 valence electrons. The van der Waals surface area contributed by atoms with Gasteiger partial charge in [0.15, 0.2) is 5.03 Å². The number of imidazole rings is 1. The second kappa shape index (κ2) is 9.58. The molecule has 0 aliphatic carbocycles. The minimum atomic E-state index is -3.69. The van der Waals surface area contributed by atoms with Crippen LogP contribution in [0.4, 0.5) is 5.95 Å². The van der Waals surface area contributed by atoms with Crippen molar-refractivity contribution in [2.45, 2.75) is 23.9 Å². The van der Waals surface area contributed by atoms with Gasteiger partial charge in [-0.2, -0.15) is 14.4 Å². The first-order valence-corrected chi connectivity index (χ1v) is 13.4. The van der Waals surface area contributed by atoms with Crippen molar-refractivity contribution in [2.75, 3.05) is 18.4 Å². The molecule has 1 aliphatic heterocycles. The summed E-state index contributed by atoms with van der Waals surface area (Å²) in [6.07, 6.45) is 8.11. The number of hydrogen-bond acceptors (Lipinski definition) is 9. The molecule has 0 bridgehead atoms. The van der Waals surface area contributed by atoms with E-state index >= 15 is 0 Å². The maximum absolute atomic E-state index is 13.1. The zero-order chi connectivity index (χ0) is 26.3. The molecule has 0 spiro atoms. The first-order valence-electron chi connectivity index (χ1n) is 12.0. The van der Waals surface area contributed by atoms with Crippen molar-refractivity contribution in [3.05, 3.63) is 68.4 Å². The van der Waals surface area contributed by atoms with Crippen LogP contribution in [-0.2, 0) is 17.1 Å². The van der Waals surface area contributed by atoms with Crippen LogP contribution in [0.1, 0.15) is 12.8 Å². The zero-order valence-corrected chi connectivity index (χ0v) is 21.4. The molecular weight excluding hydrogens is 508 g/mol. The van der Waals surface area contributed by atoms with Gasteiger partial charge in [-0.3, -0.25) is 9.08 Å². The molecule has 1 aliphatic rings. The smallest absolute Gasteiger partial charge is 0.306 e. The number of fused-ring (bicyclic) bond motifs is 1. The van der Waals surface area contributed by atoms with Gasteiger partial charge in [0.1, 0.15) is 30.5 Å². The number of sulfonamides is 1. The third-order valence-electron chi connectivity index (χ3n) is 6.45. The second-order valence-electron chi connectivity index (χ2n) is 8.98. The van der Waals surface area contributed by atoms with Crippen LogP contribution in [0, 0.1) is 7.11 Å². The van der Waals surface area contributed by atoms with Crippen molar-refractivity contribution in [2.24, 2.45) is 7.05 Å². The highest BCUT2D eigenvalue weighted by Crippen LogP contribution is 2.34. The van der Waals surface area contributed by atoms with Gasteiger partial charge in [0.2, 0.25) is 5.95 Å². The van der Waals surface area contributed by atoms with Gasteiger partial charge in [-0.15, -0.1) is 0 Å². The molecule has 0 saturated carbocycles. The SMILES string of the molecule is [CH2]Oc1cccc(-c2nc3occn3c2-c2ccnc(N[C@@H]3CCCN(S(=O)(=O)c4ccn(C)n4)C3)n2)c1. The number of rotatable bonds is 7. The Morgan fingerprint density at radius 1 is 1.18 bits per heavy atom. The Morgan fingerprint density at radius 2 is 2.08 bits per heavy atom. The van der Waals surface area contributed by atoms with Gasteiger partial charge in [0.25, 0.3) is 10.0 Å². The minimum absolute atomic E-state index is 0.0459. The van der Waals surface area contributed by atoms with Gasteiger partial charge in [-0.05, 0) is 37.1 Å². The molecule has 1 saturated heterocycles. The van der Waals surface area contributed by atoms with Gasteiger partial charge < -0.3 is 14.5 Å². The van der Waals surface area contributed by atoms with Crippen LogP contribution in [0.2, 0.25) is 0 Å². The number of aryl methyl sites for hydroxylation is 1. The standard InChI is InChI=1S/C25H25N8O4S/c1-31-12-9-21(30-31)38(34,35)32-11-4-6-18(16-32)27-24-26-10-8-20(28-24)23-22(29-25-33(23)13-14-37-25)17-5-3-7-19(15-17)36-2/h3,5,7-10,12-15,18H,2,4,6,11,16H2,1H3,(H,26,27,28)/t18-/m1/s1. The average molecular weight is 534 g/mol. The number of benzene rings is 1. The molecule has 38 heavy (non-hydrogen) atoms. The summed E-state index contributed by atoms with van der Waals surface area (Å²) in [6, 6.07) is 10.6. The van der Waals surface area contributed by atoms with Crippen molar-refractivity contribution in [1.82, 2.24) is 33.4 Å². The Morgan fingerprint density at radius 3 is 2.89 bits per heavy atom. The van der Waals surface area contributed by atoms with E-state index in [0.29, 0.717) is 41.9 Å². The monoisotopic (exact) mass is 533 g/mol. The number of oxazole rings is 1. The minimum Gasteiger partial charge on any atom is -0.490 e. The lowest BCUT2D eigenvalue weighted by Crippen LogP contribution is -2.45. The summed E-state index contributed by atoms with van der Waals surface area (Å²) in [7, 11) is 1.50. The number of anilines is 1. The highest BCUT2D eigenvalue weighted by molar-refractivity contribution is 7.89. The quantitative estimate of drug-likeness (QED) is 0.335. The molecule has 12 nitrogen and oxygen atoms in total. The maximum Gasteiger partial charge on any atom is 0.306 e. The Kier molecular flexibility index (Phi) is 6.08. The normalized spacial score (nSPS) is 16.6. The highest BCUT2D eigenvalue weighted by Gasteiger charge is 2.32. The first-order chi connectivity index (χ1) is 18.4. The van der Waals surface area contributed by atoms with Crippen molar-refractivity contribution in [3.8, 4) is 28.4 Å². The van der Waals surface area contributed by atoms with Gasteiger partial charge in [-0.1, -0.05) is 12.1 Å². The van der Waals surface area contributed by atoms with E-state index < -0.39 is 10.0 Å². The summed E-state index contributed by atoms with van der Waals surface area (Å²) in [4.78, 5) is 13.8. The Labute approximate surface area is 219 Å². The first kappa shape index (κ1) is 24.1. The number of hydrogen-bond donors (Lipinski definition) is 1. The number of aromatic nitrogens is 6. The predicted octanol–water partition coefficient (Wildman–Crippen LogP) is 3.22. The molecule has 0 amide bonds. The molecule has 1 radical (unpaired) electrons. The average Bonchev–Trinajstić information content (AvgIpc) is 3.65. The van der Waals surface area contributed by atoms with Crippen LogP contribution >= 0.6 is 0 Å². The number of nitrogens with one attached hydrogen (secondary N) is 1. The summed E-state index contributed by atoms with van der Waals surface area (Å²) in [5.41, 5.74) is 2.83. The molecular formula is C25H25N8O4S. The molecule has 6 rings (SSSR count). The fraction of sp³-hybridized carbons (Fsp3) is 0.240. The van der Waals surface area contributed by atoms with Crippen LogP contribution < -0.4 is 10.1 Å². The van der Waals surface area contributed by atoms with Gasteiger partial charge in [0.05, 0.1) is 5.69 Å². The highest BCUT2D eigenvalue weighted by atomic mass is 32.2. The molecule has 4 aromatic heterocycles. The zero-order valence-electron chi connectivity index (χ0n) is 20.6. The van der Waals surface area contributed by atoms with Gasteiger partial charge >= 0.3 is 5.84 Å². The molecule has 1 fully saturated rings. The van der Waals surface area contributed by atoms with E-state index in [1.54, 1.807) is 38.0 Å². The lowest BCUT2D eigenvalue weighted by atomic mass is 10.1. The Balaban J connectivity index is 1.29. The van der Waals surface area contributed by atoms with Gasteiger partial charge in [-0.25, -0.2) is 18.4 Å². The van der Waals surface area contributed by atoms with E-state index in [-0.39, 0.29) is 17.6 Å². The third kappa shape index (κ3) is 4.39. The lowest BCUT2D eigenvalue weighted by Gasteiger charge is -2.31. The Hall–Kier alpha value is -4.23. The van der Waals surface area contributed by atoms with Gasteiger partial charge in [0, 0.05) is 50.3 Å².